The molecule has 0 heterocycles. The number of ether oxygens (including phenoxy) is 1. The molecule has 0 saturated heterocycles. The molecule has 1 rings (SSSR count). The Labute approximate surface area is 86.7 Å². The molecule has 2 N–H and O–H groups in total. The Bertz CT molecular complexity index is 176. The second kappa shape index (κ2) is 6.82. The number of unbranched alkanes of at least 4 members (excludes halogenated alkanes) is 1. The molecule has 3 heteroatoms. The maximum absolute atomic E-state index is 5.75. The molecule has 1 saturated carbocycles. The van der Waals surface area contributed by atoms with Crippen LogP contribution in [0.4, 0.5) is 0 Å². The predicted octanol–water partition coefficient (Wildman–Crippen LogP) is 1.96. The number of aliphatic imine (C=N–C) groups is 1. The van der Waals surface area contributed by atoms with E-state index in [9.17, 15) is 0 Å². The van der Waals surface area contributed by atoms with E-state index < -0.39 is 0 Å². The molecular formula is C11H22N2O. The molecule has 0 aliphatic heterocycles. The van der Waals surface area contributed by atoms with E-state index in [1.807, 2.05) is 0 Å². The van der Waals surface area contributed by atoms with Gasteiger partial charge in [0.15, 0.2) is 0 Å². The van der Waals surface area contributed by atoms with E-state index in [0.29, 0.717) is 5.92 Å². The summed E-state index contributed by atoms with van der Waals surface area (Å²) in [4.78, 5) is 4.32. The highest BCUT2D eigenvalue weighted by molar-refractivity contribution is 5.84. The van der Waals surface area contributed by atoms with Crippen molar-refractivity contribution in [3.05, 3.63) is 0 Å². The van der Waals surface area contributed by atoms with Gasteiger partial charge >= 0.3 is 0 Å². The van der Waals surface area contributed by atoms with Crippen molar-refractivity contribution in [3.8, 4) is 0 Å². The lowest BCUT2D eigenvalue weighted by molar-refractivity contribution is 0.130. The Kier molecular flexibility index (Phi) is 5.60. The van der Waals surface area contributed by atoms with Gasteiger partial charge in [-0.3, -0.25) is 4.99 Å². The normalized spacial score (nSPS) is 17.4. The van der Waals surface area contributed by atoms with Gasteiger partial charge in [0.25, 0.3) is 0 Å². The minimum atomic E-state index is 0.607. The van der Waals surface area contributed by atoms with Gasteiger partial charge in [0, 0.05) is 25.7 Å². The fourth-order valence-corrected chi connectivity index (χ4v) is 1.23. The minimum absolute atomic E-state index is 0.607. The zero-order valence-electron chi connectivity index (χ0n) is 9.17. The van der Waals surface area contributed by atoms with Crippen LogP contribution in [0.25, 0.3) is 0 Å². The number of amidine groups is 1. The van der Waals surface area contributed by atoms with Crippen LogP contribution in [0.1, 0.15) is 39.0 Å². The van der Waals surface area contributed by atoms with E-state index in [2.05, 4.69) is 11.9 Å². The fourth-order valence-electron chi connectivity index (χ4n) is 1.23. The summed E-state index contributed by atoms with van der Waals surface area (Å²) < 4.78 is 5.42. The molecule has 0 aromatic rings. The minimum Gasteiger partial charge on any atom is -0.387 e. The largest absolute Gasteiger partial charge is 0.387 e. The van der Waals surface area contributed by atoms with Crippen LogP contribution in [-0.4, -0.2) is 25.6 Å². The van der Waals surface area contributed by atoms with Crippen molar-refractivity contribution < 1.29 is 4.74 Å². The highest BCUT2D eigenvalue weighted by Gasteiger charge is 2.24. The van der Waals surface area contributed by atoms with Crippen LogP contribution in [-0.2, 0) is 4.74 Å². The molecule has 0 aromatic carbocycles. The first-order valence-corrected chi connectivity index (χ1v) is 5.72. The Hall–Kier alpha value is -0.570. The average molecular weight is 198 g/mol. The molecule has 14 heavy (non-hydrogen) atoms. The Morgan fingerprint density at radius 1 is 1.36 bits per heavy atom. The van der Waals surface area contributed by atoms with Crippen molar-refractivity contribution in [2.45, 2.75) is 39.0 Å². The molecule has 0 spiro atoms. The Morgan fingerprint density at radius 3 is 2.71 bits per heavy atom. The molecule has 0 radical (unpaired) electrons. The molecule has 0 bridgehead atoms. The third-order valence-corrected chi connectivity index (χ3v) is 2.38. The van der Waals surface area contributed by atoms with E-state index in [-0.39, 0.29) is 0 Å². The second-order valence-corrected chi connectivity index (χ2v) is 3.90. The first kappa shape index (κ1) is 11.5. The fraction of sp³-hybridized carbons (Fsp3) is 0.909. The van der Waals surface area contributed by atoms with Crippen molar-refractivity contribution in [3.63, 3.8) is 0 Å². The summed E-state index contributed by atoms with van der Waals surface area (Å²) in [6.07, 6.45) is 5.84. The summed E-state index contributed by atoms with van der Waals surface area (Å²) >= 11 is 0. The quantitative estimate of drug-likeness (QED) is 0.368. The van der Waals surface area contributed by atoms with Gasteiger partial charge in [-0.15, -0.1) is 0 Å². The summed E-state index contributed by atoms with van der Waals surface area (Å²) in [5, 5.41) is 0. The molecule has 3 nitrogen and oxygen atoms in total. The number of rotatable bonds is 8. The topological polar surface area (TPSA) is 47.6 Å². The molecule has 1 aliphatic carbocycles. The standard InChI is InChI=1S/C11H22N2O/c1-2-3-8-14-9-4-7-13-11(12)10-5-6-10/h10H,2-9H2,1H3,(H2,12,13). The van der Waals surface area contributed by atoms with Crippen LogP contribution in [0.5, 0.6) is 0 Å². The van der Waals surface area contributed by atoms with E-state index in [0.717, 1.165) is 38.4 Å². The first-order chi connectivity index (χ1) is 6.84. The van der Waals surface area contributed by atoms with Crippen LogP contribution in [0.15, 0.2) is 4.99 Å². The summed E-state index contributed by atoms with van der Waals surface area (Å²) in [6.45, 7) is 4.71. The highest BCUT2D eigenvalue weighted by atomic mass is 16.5. The summed E-state index contributed by atoms with van der Waals surface area (Å²) in [5.41, 5.74) is 5.75. The van der Waals surface area contributed by atoms with Gasteiger partial charge in [-0.2, -0.15) is 0 Å². The smallest absolute Gasteiger partial charge is 0.0968 e. The van der Waals surface area contributed by atoms with Crippen LogP contribution in [0.2, 0.25) is 0 Å². The highest BCUT2D eigenvalue weighted by Crippen LogP contribution is 2.28. The SMILES string of the molecule is CCCCOCCCN=C(N)C1CC1. The van der Waals surface area contributed by atoms with E-state index in [1.54, 1.807) is 0 Å². The van der Waals surface area contributed by atoms with Crippen LogP contribution < -0.4 is 5.73 Å². The van der Waals surface area contributed by atoms with Crippen molar-refractivity contribution in [1.82, 2.24) is 0 Å². The molecule has 1 aliphatic rings. The summed E-state index contributed by atoms with van der Waals surface area (Å²) in [6, 6.07) is 0. The third kappa shape index (κ3) is 5.22. The van der Waals surface area contributed by atoms with Crippen LogP contribution >= 0.6 is 0 Å². The monoisotopic (exact) mass is 198 g/mol. The zero-order valence-corrected chi connectivity index (χ0v) is 9.17. The first-order valence-electron chi connectivity index (χ1n) is 5.72. The Balaban J connectivity index is 1.86. The van der Waals surface area contributed by atoms with Gasteiger partial charge in [-0.25, -0.2) is 0 Å². The lowest BCUT2D eigenvalue weighted by Gasteiger charge is -2.01. The number of nitrogens with two attached hydrogens (primary N) is 1. The molecule has 0 unspecified atom stereocenters. The maximum atomic E-state index is 5.75. The summed E-state index contributed by atoms with van der Waals surface area (Å²) in [5.74, 6) is 1.47. The van der Waals surface area contributed by atoms with Crippen LogP contribution in [0.3, 0.4) is 0 Å². The number of hydrogen-bond acceptors (Lipinski definition) is 2. The van der Waals surface area contributed by atoms with E-state index in [1.165, 1.54) is 19.3 Å². The molecule has 82 valence electrons. The van der Waals surface area contributed by atoms with E-state index in [4.69, 9.17) is 10.5 Å². The van der Waals surface area contributed by atoms with Gasteiger partial charge < -0.3 is 10.5 Å². The lowest BCUT2D eigenvalue weighted by atomic mass is 10.3. The average Bonchev–Trinajstić information content (AvgIpc) is 2.99. The lowest BCUT2D eigenvalue weighted by Crippen LogP contribution is -2.14. The van der Waals surface area contributed by atoms with Crippen molar-refractivity contribution >= 4 is 5.84 Å². The second-order valence-electron chi connectivity index (χ2n) is 3.90. The third-order valence-electron chi connectivity index (χ3n) is 2.38. The van der Waals surface area contributed by atoms with E-state index >= 15 is 0 Å². The van der Waals surface area contributed by atoms with Crippen molar-refractivity contribution in [2.24, 2.45) is 16.6 Å². The molecule has 0 atom stereocenters. The predicted molar refractivity (Wildman–Crippen MR) is 59.6 cm³/mol. The molecule has 1 fully saturated rings. The zero-order chi connectivity index (χ0) is 10.2. The van der Waals surface area contributed by atoms with Crippen molar-refractivity contribution in [2.75, 3.05) is 19.8 Å². The van der Waals surface area contributed by atoms with Gasteiger partial charge in [-0.05, 0) is 25.7 Å². The molecule has 0 aromatic heterocycles. The van der Waals surface area contributed by atoms with Gasteiger partial charge in [-0.1, -0.05) is 13.3 Å². The van der Waals surface area contributed by atoms with Gasteiger partial charge in [0.1, 0.15) is 0 Å². The Morgan fingerprint density at radius 2 is 2.07 bits per heavy atom. The van der Waals surface area contributed by atoms with Crippen LogP contribution in [0, 0.1) is 5.92 Å². The summed E-state index contributed by atoms with van der Waals surface area (Å²) in [7, 11) is 0. The van der Waals surface area contributed by atoms with Gasteiger partial charge in [0.2, 0.25) is 0 Å². The van der Waals surface area contributed by atoms with Gasteiger partial charge in [0.05, 0.1) is 5.84 Å². The molecular weight excluding hydrogens is 176 g/mol. The number of nitrogens with zero attached hydrogens (tertiary/aromatic N) is 1. The number of hydrogen-bond donors (Lipinski definition) is 1. The maximum Gasteiger partial charge on any atom is 0.0968 e. The molecule has 0 amide bonds. The van der Waals surface area contributed by atoms with Crippen molar-refractivity contribution in [1.29, 1.82) is 0 Å².